The van der Waals surface area contributed by atoms with Crippen molar-refractivity contribution in [1.82, 2.24) is 4.98 Å². The summed E-state index contributed by atoms with van der Waals surface area (Å²) < 4.78 is 0. The molecule has 104 valence electrons. The molecule has 1 aromatic rings. The first-order chi connectivity index (χ1) is 9.01. The summed E-state index contributed by atoms with van der Waals surface area (Å²) in [4.78, 5) is 17.0. The third kappa shape index (κ3) is 3.31. The second kappa shape index (κ2) is 5.40. The number of nitrogens with zero attached hydrogens (tertiary/aromatic N) is 3. The van der Waals surface area contributed by atoms with Gasteiger partial charge in [0.25, 0.3) is 5.69 Å². The van der Waals surface area contributed by atoms with Crippen molar-refractivity contribution in [2.24, 2.45) is 11.8 Å². The molecule has 1 heterocycles. The van der Waals surface area contributed by atoms with Gasteiger partial charge in [-0.2, -0.15) is 0 Å². The van der Waals surface area contributed by atoms with Gasteiger partial charge in [-0.3, -0.25) is 10.1 Å². The van der Waals surface area contributed by atoms with Crippen LogP contribution in [0.4, 0.5) is 17.3 Å². The van der Waals surface area contributed by atoms with E-state index in [0.717, 1.165) is 19.4 Å². The maximum atomic E-state index is 10.9. The minimum Gasteiger partial charge on any atom is -0.353 e. The highest BCUT2D eigenvalue weighted by molar-refractivity contribution is 5.56. The molecule has 0 amide bonds. The van der Waals surface area contributed by atoms with E-state index < -0.39 is 4.92 Å². The molecule has 2 rings (SSSR count). The summed E-state index contributed by atoms with van der Waals surface area (Å²) in [7, 11) is 0. The largest absolute Gasteiger partial charge is 0.353 e. The van der Waals surface area contributed by atoms with Crippen LogP contribution in [0.2, 0.25) is 0 Å². The van der Waals surface area contributed by atoms with Crippen molar-refractivity contribution in [3.8, 4) is 0 Å². The maximum absolute atomic E-state index is 10.9. The number of anilines is 2. The van der Waals surface area contributed by atoms with Crippen LogP contribution in [0.3, 0.4) is 0 Å². The fourth-order valence-electron chi connectivity index (χ4n) is 2.04. The Morgan fingerprint density at radius 1 is 1.58 bits per heavy atom. The smallest absolute Gasteiger partial charge is 0.276 e. The summed E-state index contributed by atoms with van der Waals surface area (Å²) in [6.07, 6.45) is 2.23. The summed E-state index contributed by atoms with van der Waals surface area (Å²) in [5.41, 5.74) is 2.39. The molecule has 0 aromatic carbocycles. The second-order valence-corrected chi connectivity index (χ2v) is 5.25. The predicted molar refractivity (Wildman–Crippen MR) is 73.9 cm³/mol. The van der Waals surface area contributed by atoms with Crippen molar-refractivity contribution < 1.29 is 4.92 Å². The monoisotopic (exact) mass is 265 g/mol. The Hall–Kier alpha value is -1.89. The molecule has 1 aliphatic rings. The molecular weight excluding hydrogens is 246 g/mol. The Labute approximate surface area is 111 Å². The Balaban J connectivity index is 2.34. The summed E-state index contributed by atoms with van der Waals surface area (Å²) >= 11 is 0. The Morgan fingerprint density at radius 3 is 2.74 bits per heavy atom. The van der Waals surface area contributed by atoms with Crippen LogP contribution in [0.5, 0.6) is 0 Å². The molecule has 0 bridgehead atoms. The van der Waals surface area contributed by atoms with Gasteiger partial charge in [-0.15, -0.1) is 0 Å². The molecule has 1 fully saturated rings. The maximum Gasteiger partial charge on any atom is 0.276 e. The first-order valence-electron chi connectivity index (χ1n) is 6.41. The van der Waals surface area contributed by atoms with Gasteiger partial charge in [-0.25, -0.2) is 10.8 Å². The SMILES string of the molecule is CC(C)CN(c1cc([N+](=O)[O-])cc(NN)n1)C1CC1. The number of pyridine rings is 1. The molecule has 19 heavy (non-hydrogen) atoms. The first-order valence-corrected chi connectivity index (χ1v) is 6.41. The van der Waals surface area contributed by atoms with Crippen molar-refractivity contribution in [3.63, 3.8) is 0 Å². The minimum atomic E-state index is -0.424. The second-order valence-electron chi connectivity index (χ2n) is 5.25. The van der Waals surface area contributed by atoms with Gasteiger partial charge in [0.1, 0.15) is 11.6 Å². The number of aromatic nitrogens is 1. The van der Waals surface area contributed by atoms with E-state index in [1.807, 2.05) is 0 Å². The van der Waals surface area contributed by atoms with Gasteiger partial charge < -0.3 is 10.3 Å². The molecule has 3 N–H and O–H groups in total. The lowest BCUT2D eigenvalue weighted by atomic mass is 10.2. The van der Waals surface area contributed by atoms with Crippen LogP contribution in [0, 0.1) is 16.0 Å². The fraction of sp³-hybridized carbons (Fsp3) is 0.583. The molecule has 0 unspecified atom stereocenters. The summed E-state index contributed by atoms with van der Waals surface area (Å²) in [5, 5.41) is 10.9. The topological polar surface area (TPSA) is 97.3 Å². The van der Waals surface area contributed by atoms with Gasteiger partial charge in [0, 0.05) is 12.6 Å². The number of nitrogens with two attached hydrogens (primary N) is 1. The number of nitrogen functional groups attached to an aromatic ring is 1. The van der Waals surface area contributed by atoms with Crippen molar-refractivity contribution in [2.75, 3.05) is 16.9 Å². The average molecular weight is 265 g/mol. The van der Waals surface area contributed by atoms with Gasteiger partial charge in [0.15, 0.2) is 0 Å². The van der Waals surface area contributed by atoms with E-state index in [9.17, 15) is 10.1 Å². The van der Waals surface area contributed by atoms with Crippen molar-refractivity contribution >= 4 is 17.3 Å². The van der Waals surface area contributed by atoms with E-state index in [4.69, 9.17) is 5.84 Å². The zero-order valence-electron chi connectivity index (χ0n) is 11.2. The normalized spacial score (nSPS) is 14.5. The average Bonchev–Trinajstić information content (AvgIpc) is 3.19. The van der Waals surface area contributed by atoms with Gasteiger partial charge in [0.05, 0.1) is 17.1 Å². The fourth-order valence-corrected chi connectivity index (χ4v) is 2.04. The van der Waals surface area contributed by atoms with E-state index >= 15 is 0 Å². The predicted octanol–water partition coefficient (Wildman–Crippen LogP) is 1.90. The number of nitrogens with one attached hydrogen (secondary N) is 1. The van der Waals surface area contributed by atoms with Gasteiger partial charge in [-0.1, -0.05) is 13.8 Å². The van der Waals surface area contributed by atoms with E-state index in [-0.39, 0.29) is 5.69 Å². The molecule has 1 aromatic heterocycles. The summed E-state index contributed by atoms with van der Waals surface area (Å²) in [6.45, 7) is 5.08. The minimum absolute atomic E-state index is 0.00681. The zero-order valence-corrected chi connectivity index (χ0v) is 11.2. The molecule has 1 saturated carbocycles. The number of nitro groups is 1. The number of hydrogen-bond acceptors (Lipinski definition) is 6. The molecule has 7 nitrogen and oxygen atoms in total. The van der Waals surface area contributed by atoms with Gasteiger partial charge >= 0.3 is 0 Å². The van der Waals surface area contributed by atoms with Crippen LogP contribution < -0.4 is 16.2 Å². The lowest BCUT2D eigenvalue weighted by molar-refractivity contribution is -0.384. The molecule has 1 aliphatic carbocycles. The standard InChI is InChI=1S/C12H19N5O2/c1-8(2)7-16(9-3-4-9)12-6-10(17(18)19)5-11(14-12)15-13/h5-6,8-9H,3-4,7,13H2,1-2H3,(H,14,15). The van der Waals surface area contributed by atoms with E-state index in [1.54, 1.807) is 0 Å². The van der Waals surface area contributed by atoms with Crippen molar-refractivity contribution in [2.45, 2.75) is 32.7 Å². The molecule has 0 atom stereocenters. The van der Waals surface area contributed by atoms with Crippen LogP contribution in [-0.4, -0.2) is 22.5 Å². The van der Waals surface area contributed by atoms with Crippen molar-refractivity contribution in [3.05, 3.63) is 22.2 Å². The highest BCUT2D eigenvalue weighted by Gasteiger charge is 2.31. The molecule has 0 spiro atoms. The third-order valence-corrected chi connectivity index (χ3v) is 3.00. The molecule has 0 radical (unpaired) electrons. The van der Waals surface area contributed by atoms with Crippen LogP contribution in [0.25, 0.3) is 0 Å². The molecule has 7 heteroatoms. The van der Waals surface area contributed by atoms with Crippen LogP contribution in [0.1, 0.15) is 26.7 Å². The van der Waals surface area contributed by atoms with Gasteiger partial charge in [0.2, 0.25) is 0 Å². The Bertz CT molecular complexity index is 473. The van der Waals surface area contributed by atoms with Crippen LogP contribution in [0.15, 0.2) is 12.1 Å². The van der Waals surface area contributed by atoms with E-state index in [1.165, 1.54) is 12.1 Å². The Kier molecular flexibility index (Phi) is 3.84. The van der Waals surface area contributed by atoms with Crippen LogP contribution in [-0.2, 0) is 0 Å². The number of hydrogen-bond donors (Lipinski definition) is 2. The summed E-state index contributed by atoms with van der Waals surface area (Å²) in [5.74, 6) is 6.74. The van der Waals surface area contributed by atoms with E-state index in [0.29, 0.717) is 23.6 Å². The molecule has 0 saturated heterocycles. The highest BCUT2D eigenvalue weighted by Crippen LogP contribution is 2.33. The number of rotatable bonds is 6. The van der Waals surface area contributed by atoms with E-state index in [2.05, 4.69) is 29.2 Å². The Morgan fingerprint density at radius 2 is 2.26 bits per heavy atom. The van der Waals surface area contributed by atoms with Crippen molar-refractivity contribution in [1.29, 1.82) is 0 Å². The molecule has 0 aliphatic heterocycles. The lowest BCUT2D eigenvalue weighted by Crippen LogP contribution is -2.31. The van der Waals surface area contributed by atoms with Crippen LogP contribution >= 0.6 is 0 Å². The number of hydrazine groups is 1. The lowest BCUT2D eigenvalue weighted by Gasteiger charge is -2.25. The third-order valence-electron chi connectivity index (χ3n) is 3.00. The highest BCUT2D eigenvalue weighted by atomic mass is 16.6. The zero-order chi connectivity index (χ0) is 14.0. The quantitative estimate of drug-likeness (QED) is 0.463. The molecular formula is C12H19N5O2. The summed E-state index contributed by atoms with van der Waals surface area (Å²) in [6, 6.07) is 3.30. The first kappa shape index (κ1) is 13.5. The van der Waals surface area contributed by atoms with Gasteiger partial charge in [-0.05, 0) is 18.8 Å².